The number of nitrogens with one attached hydrogen (secondary N) is 1. The van der Waals surface area contributed by atoms with Crippen molar-refractivity contribution in [1.82, 2.24) is 10.2 Å². The molecule has 1 saturated heterocycles. The Morgan fingerprint density at radius 2 is 1.92 bits per heavy atom. The fraction of sp³-hybridized carbons (Fsp3) is 0.667. The summed E-state index contributed by atoms with van der Waals surface area (Å²) in [6.07, 6.45) is 8.03. The molecule has 3 nitrogen and oxygen atoms in total. The lowest BCUT2D eigenvalue weighted by Gasteiger charge is -2.43. The van der Waals surface area contributed by atoms with E-state index < -0.39 is 0 Å². The van der Waals surface area contributed by atoms with Gasteiger partial charge in [-0.2, -0.15) is 0 Å². The molecule has 0 radical (unpaired) electrons. The Kier molecular flexibility index (Phi) is 7.33. The molecule has 1 N–H and O–H groups in total. The van der Waals surface area contributed by atoms with Crippen LogP contribution in [0.1, 0.15) is 56.1 Å². The Balaban J connectivity index is 0.00000225. The first kappa shape index (κ1) is 20.3. The first-order chi connectivity index (χ1) is 11.7. The first-order valence-electron chi connectivity index (χ1n) is 9.67. The smallest absolute Gasteiger partial charge is 0.233 e. The van der Waals surface area contributed by atoms with Crippen LogP contribution in [0.25, 0.3) is 0 Å². The van der Waals surface area contributed by atoms with Gasteiger partial charge in [-0.3, -0.25) is 4.79 Å². The molecule has 4 heteroatoms. The molecule has 140 valence electrons. The van der Waals surface area contributed by atoms with E-state index in [0.29, 0.717) is 11.8 Å². The Labute approximate surface area is 159 Å². The highest BCUT2D eigenvalue weighted by Gasteiger charge is 2.44. The number of carbonyl (C=O) groups is 1. The second-order valence-corrected chi connectivity index (χ2v) is 7.77. The Bertz CT molecular complexity index is 567. The van der Waals surface area contributed by atoms with Crippen LogP contribution in [0.4, 0.5) is 0 Å². The van der Waals surface area contributed by atoms with Crippen LogP contribution in [-0.2, 0) is 10.2 Å². The fourth-order valence-corrected chi connectivity index (χ4v) is 4.87. The lowest BCUT2D eigenvalue weighted by atomic mass is 9.67. The van der Waals surface area contributed by atoms with E-state index in [9.17, 15) is 4.79 Å². The molecule has 0 aromatic heterocycles. The minimum atomic E-state index is -0.273. The monoisotopic (exact) mass is 364 g/mol. The standard InChI is InChI=1S/C21H32N2O.ClH/c1-17-9-4-5-11-19(17)21(12-6-3-7-13-21)20(24)23-14-8-10-18(16-23)15-22-2;/h4-5,9,11,18,22H,3,6-8,10,12-16H2,1-2H3;1H. The van der Waals surface area contributed by atoms with Crippen LogP contribution in [0.15, 0.2) is 24.3 Å². The van der Waals surface area contributed by atoms with Gasteiger partial charge < -0.3 is 10.2 Å². The number of aryl methyl sites for hydroxylation is 1. The summed E-state index contributed by atoms with van der Waals surface area (Å²) in [5, 5.41) is 3.29. The molecule has 1 atom stereocenters. The molecule has 1 aromatic rings. The van der Waals surface area contributed by atoms with Crippen molar-refractivity contribution in [3.05, 3.63) is 35.4 Å². The molecule has 0 spiro atoms. The van der Waals surface area contributed by atoms with Gasteiger partial charge in [-0.15, -0.1) is 12.4 Å². The Hall–Kier alpha value is -1.06. The SMILES string of the molecule is CNCC1CCCN(C(=O)C2(c3ccccc3C)CCCCC2)C1.Cl. The third kappa shape index (κ3) is 4.20. The Morgan fingerprint density at radius 1 is 1.20 bits per heavy atom. The average Bonchev–Trinajstić information content (AvgIpc) is 2.62. The molecule has 2 fully saturated rings. The van der Waals surface area contributed by atoms with E-state index in [0.717, 1.165) is 38.9 Å². The van der Waals surface area contributed by atoms with Crippen molar-refractivity contribution >= 4 is 18.3 Å². The molecule has 1 heterocycles. The minimum Gasteiger partial charge on any atom is -0.342 e. The zero-order valence-corrected chi connectivity index (χ0v) is 16.5. The number of carbonyl (C=O) groups excluding carboxylic acids is 1. The molecule has 25 heavy (non-hydrogen) atoms. The molecular weight excluding hydrogens is 332 g/mol. The van der Waals surface area contributed by atoms with Crippen molar-refractivity contribution in [2.75, 3.05) is 26.7 Å². The van der Waals surface area contributed by atoms with Gasteiger partial charge in [-0.25, -0.2) is 0 Å². The Morgan fingerprint density at radius 3 is 2.60 bits per heavy atom. The topological polar surface area (TPSA) is 32.3 Å². The summed E-state index contributed by atoms with van der Waals surface area (Å²) in [5.41, 5.74) is 2.28. The molecule has 1 unspecified atom stereocenters. The second-order valence-electron chi connectivity index (χ2n) is 7.77. The first-order valence-corrected chi connectivity index (χ1v) is 9.67. The van der Waals surface area contributed by atoms with Crippen molar-refractivity contribution in [1.29, 1.82) is 0 Å². The highest BCUT2D eigenvalue weighted by molar-refractivity contribution is 5.89. The summed E-state index contributed by atoms with van der Waals surface area (Å²) in [6, 6.07) is 8.56. The van der Waals surface area contributed by atoms with Crippen molar-refractivity contribution in [3.63, 3.8) is 0 Å². The third-order valence-corrected chi connectivity index (χ3v) is 6.08. The van der Waals surface area contributed by atoms with E-state index in [1.165, 1.54) is 36.8 Å². The van der Waals surface area contributed by atoms with Crippen molar-refractivity contribution in [3.8, 4) is 0 Å². The molecule has 2 aliphatic rings. The van der Waals surface area contributed by atoms with Crippen LogP contribution >= 0.6 is 12.4 Å². The number of halogens is 1. The van der Waals surface area contributed by atoms with Gasteiger partial charge in [0.1, 0.15) is 0 Å². The second kappa shape index (κ2) is 9.05. The lowest BCUT2D eigenvalue weighted by molar-refractivity contribution is -0.140. The molecule has 1 aromatic carbocycles. The number of nitrogens with zero attached hydrogens (tertiary/aromatic N) is 1. The van der Waals surface area contributed by atoms with Crippen LogP contribution in [-0.4, -0.2) is 37.5 Å². The maximum Gasteiger partial charge on any atom is 0.233 e. The third-order valence-electron chi connectivity index (χ3n) is 6.08. The van der Waals surface area contributed by atoms with Crippen LogP contribution in [0, 0.1) is 12.8 Å². The maximum absolute atomic E-state index is 13.7. The van der Waals surface area contributed by atoms with E-state index in [1.54, 1.807) is 0 Å². The average molecular weight is 365 g/mol. The largest absolute Gasteiger partial charge is 0.342 e. The number of hydrogen-bond donors (Lipinski definition) is 1. The maximum atomic E-state index is 13.7. The summed E-state index contributed by atoms with van der Waals surface area (Å²) >= 11 is 0. The number of likely N-dealkylation sites (tertiary alicyclic amines) is 1. The van der Waals surface area contributed by atoms with Crippen LogP contribution in [0.2, 0.25) is 0 Å². The van der Waals surface area contributed by atoms with Gasteiger partial charge >= 0.3 is 0 Å². The zero-order valence-electron chi connectivity index (χ0n) is 15.7. The highest BCUT2D eigenvalue weighted by Crippen LogP contribution is 2.42. The van der Waals surface area contributed by atoms with Crippen molar-refractivity contribution < 1.29 is 4.79 Å². The number of benzene rings is 1. The molecular formula is C21H33ClN2O. The summed E-state index contributed by atoms with van der Waals surface area (Å²) in [6.45, 7) is 5.04. The van der Waals surface area contributed by atoms with E-state index in [1.807, 2.05) is 7.05 Å². The molecule has 1 aliphatic heterocycles. The van der Waals surface area contributed by atoms with Gasteiger partial charge in [0.05, 0.1) is 5.41 Å². The van der Waals surface area contributed by atoms with Crippen LogP contribution in [0.5, 0.6) is 0 Å². The predicted octanol–water partition coefficient (Wildman–Crippen LogP) is 4.08. The summed E-state index contributed by atoms with van der Waals surface area (Å²) in [7, 11) is 2.01. The van der Waals surface area contributed by atoms with Crippen LogP contribution in [0.3, 0.4) is 0 Å². The zero-order chi connectivity index (χ0) is 17.0. The van der Waals surface area contributed by atoms with Gasteiger partial charge in [0.25, 0.3) is 0 Å². The van der Waals surface area contributed by atoms with E-state index in [4.69, 9.17) is 0 Å². The van der Waals surface area contributed by atoms with Gasteiger partial charge in [-0.1, -0.05) is 43.5 Å². The van der Waals surface area contributed by atoms with Gasteiger partial charge in [0, 0.05) is 13.1 Å². The molecule has 0 bridgehead atoms. The normalized spacial score (nSPS) is 23.0. The molecule has 1 aliphatic carbocycles. The van der Waals surface area contributed by atoms with Crippen LogP contribution < -0.4 is 5.32 Å². The number of amides is 1. The van der Waals surface area contributed by atoms with E-state index in [-0.39, 0.29) is 17.8 Å². The lowest BCUT2D eigenvalue weighted by Crippen LogP contribution is -2.52. The minimum absolute atomic E-state index is 0. The number of rotatable bonds is 4. The number of piperidine rings is 1. The summed E-state index contributed by atoms with van der Waals surface area (Å²) in [4.78, 5) is 15.9. The van der Waals surface area contributed by atoms with Crippen molar-refractivity contribution in [2.45, 2.75) is 57.3 Å². The number of hydrogen-bond acceptors (Lipinski definition) is 2. The molecule has 1 saturated carbocycles. The predicted molar refractivity (Wildman–Crippen MR) is 106 cm³/mol. The highest BCUT2D eigenvalue weighted by atomic mass is 35.5. The quantitative estimate of drug-likeness (QED) is 0.873. The van der Waals surface area contributed by atoms with E-state index >= 15 is 0 Å². The van der Waals surface area contributed by atoms with Gasteiger partial charge in [-0.05, 0) is 63.2 Å². The summed E-state index contributed by atoms with van der Waals surface area (Å²) < 4.78 is 0. The van der Waals surface area contributed by atoms with E-state index in [2.05, 4.69) is 41.4 Å². The molecule has 1 amide bonds. The van der Waals surface area contributed by atoms with Gasteiger partial charge in [0.15, 0.2) is 0 Å². The molecule has 3 rings (SSSR count). The van der Waals surface area contributed by atoms with Gasteiger partial charge in [0.2, 0.25) is 5.91 Å². The summed E-state index contributed by atoms with van der Waals surface area (Å²) in [5.74, 6) is 1.00. The fourth-order valence-electron chi connectivity index (χ4n) is 4.87. The van der Waals surface area contributed by atoms with Crippen molar-refractivity contribution in [2.24, 2.45) is 5.92 Å².